The Balaban J connectivity index is 2.29. The van der Waals surface area contributed by atoms with Gasteiger partial charge < -0.3 is 0 Å². The first-order valence-corrected chi connectivity index (χ1v) is 9.04. The molecule has 2 heterocycles. The Morgan fingerprint density at radius 3 is 2.61 bits per heavy atom. The van der Waals surface area contributed by atoms with E-state index in [9.17, 15) is 9.18 Å². The van der Waals surface area contributed by atoms with E-state index in [1.807, 2.05) is 43.5 Å². The molecule has 0 aliphatic rings. The number of thiophene rings is 1. The monoisotopic (exact) mass is 394 g/mol. The number of benzene rings is 1. The van der Waals surface area contributed by atoms with Gasteiger partial charge in [0.25, 0.3) is 5.56 Å². The topological polar surface area (TPSA) is 34.9 Å². The van der Waals surface area contributed by atoms with Gasteiger partial charge in [-0.25, -0.2) is 9.37 Å². The van der Waals surface area contributed by atoms with Gasteiger partial charge in [-0.1, -0.05) is 41.9 Å². The number of alkyl halides is 1. The van der Waals surface area contributed by atoms with Gasteiger partial charge in [0.2, 0.25) is 0 Å². The maximum atomic E-state index is 12.9. The fraction of sp³-hybridized carbons (Fsp3) is 0.294. The highest BCUT2D eigenvalue weighted by Gasteiger charge is 2.18. The normalized spacial score (nSPS) is 11.5. The second kappa shape index (κ2) is 6.53. The molecule has 23 heavy (non-hydrogen) atoms. The van der Waals surface area contributed by atoms with Gasteiger partial charge in [-0.3, -0.25) is 9.36 Å². The highest BCUT2D eigenvalue weighted by atomic mass is 79.9. The van der Waals surface area contributed by atoms with Gasteiger partial charge in [0.1, 0.15) is 17.3 Å². The molecule has 0 bridgehead atoms. The van der Waals surface area contributed by atoms with E-state index in [-0.39, 0.29) is 18.0 Å². The number of nitrogens with zero attached hydrogens (tertiary/aromatic N) is 2. The maximum Gasteiger partial charge on any atom is 0.262 e. The first-order chi connectivity index (χ1) is 11.0. The van der Waals surface area contributed by atoms with Crippen molar-refractivity contribution in [2.45, 2.75) is 26.3 Å². The van der Waals surface area contributed by atoms with Crippen LogP contribution in [0.2, 0.25) is 0 Å². The Bertz CT molecular complexity index is 899. The number of halogens is 2. The van der Waals surface area contributed by atoms with Crippen LogP contribution in [0.4, 0.5) is 4.39 Å². The number of hydrogen-bond acceptors (Lipinski definition) is 3. The lowest BCUT2D eigenvalue weighted by atomic mass is 10.1. The van der Waals surface area contributed by atoms with Crippen molar-refractivity contribution in [1.82, 2.24) is 9.55 Å². The number of rotatable bonds is 4. The Hall–Kier alpha value is -1.53. The summed E-state index contributed by atoms with van der Waals surface area (Å²) in [5.74, 6) is 0.709. The number of fused-ring (bicyclic) bond motifs is 1. The van der Waals surface area contributed by atoms with E-state index < -0.39 is 6.67 Å². The van der Waals surface area contributed by atoms with Gasteiger partial charge in [-0.2, -0.15) is 0 Å². The molecule has 0 unspecified atom stereocenters. The van der Waals surface area contributed by atoms with Crippen LogP contribution in [0.1, 0.15) is 25.6 Å². The molecular formula is C17H16BrFN2OS. The van der Waals surface area contributed by atoms with E-state index >= 15 is 0 Å². The van der Waals surface area contributed by atoms with Crippen molar-refractivity contribution in [3.05, 3.63) is 50.3 Å². The summed E-state index contributed by atoms with van der Waals surface area (Å²) in [6.07, 6.45) is 0. The van der Waals surface area contributed by atoms with Gasteiger partial charge in [-0.15, -0.1) is 11.3 Å². The molecule has 120 valence electrons. The smallest absolute Gasteiger partial charge is 0.262 e. The molecule has 0 fully saturated rings. The summed E-state index contributed by atoms with van der Waals surface area (Å²) in [5, 5.41) is 2.53. The van der Waals surface area contributed by atoms with Gasteiger partial charge in [0.05, 0.1) is 11.9 Å². The predicted molar refractivity (Wildman–Crippen MR) is 97.1 cm³/mol. The van der Waals surface area contributed by atoms with Crippen LogP contribution in [0.3, 0.4) is 0 Å². The van der Waals surface area contributed by atoms with E-state index in [2.05, 4.69) is 20.9 Å². The van der Waals surface area contributed by atoms with Gasteiger partial charge in [0, 0.05) is 21.3 Å². The highest BCUT2D eigenvalue weighted by molar-refractivity contribution is 9.10. The Morgan fingerprint density at radius 2 is 2.00 bits per heavy atom. The lowest BCUT2D eigenvalue weighted by Crippen LogP contribution is -2.26. The predicted octanol–water partition coefficient (Wildman–Crippen LogP) is 4.98. The molecule has 3 nitrogen and oxygen atoms in total. The third-order valence-corrected chi connectivity index (χ3v) is 5.10. The average molecular weight is 395 g/mol. The van der Waals surface area contributed by atoms with Crippen LogP contribution in [0, 0.1) is 0 Å². The minimum Gasteiger partial charge on any atom is -0.293 e. The van der Waals surface area contributed by atoms with Crippen molar-refractivity contribution in [2.24, 2.45) is 0 Å². The summed E-state index contributed by atoms with van der Waals surface area (Å²) in [6, 6.07) is 7.80. The summed E-state index contributed by atoms with van der Waals surface area (Å²) >= 11 is 4.87. The van der Waals surface area contributed by atoms with Crippen LogP contribution in [-0.4, -0.2) is 16.2 Å². The standard InChI is InChI=1S/C17H16BrFN2OS/c1-10(2)15-20-16-14(17(22)21(15)8-7-19)13(9-23-16)11-3-5-12(18)6-4-11/h3-6,9-10H,7-8H2,1-2H3. The minimum absolute atomic E-state index is 0.0465. The third kappa shape index (κ3) is 2.97. The van der Waals surface area contributed by atoms with Crippen molar-refractivity contribution in [2.75, 3.05) is 6.67 Å². The molecule has 0 atom stereocenters. The van der Waals surface area contributed by atoms with E-state index in [4.69, 9.17) is 0 Å². The van der Waals surface area contributed by atoms with E-state index in [0.717, 1.165) is 15.6 Å². The molecule has 0 aliphatic carbocycles. The zero-order chi connectivity index (χ0) is 16.6. The molecule has 3 rings (SSSR count). The molecular weight excluding hydrogens is 379 g/mol. The summed E-state index contributed by atoms with van der Waals surface area (Å²) in [7, 11) is 0. The fourth-order valence-electron chi connectivity index (χ4n) is 2.62. The van der Waals surface area contributed by atoms with Gasteiger partial charge in [-0.05, 0) is 17.7 Å². The first kappa shape index (κ1) is 16.3. The molecule has 0 radical (unpaired) electrons. The Morgan fingerprint density at radius 1 is 1.30 bits per heavy atom. The zero-order valence-corrected chi connectivity index (χ0v) is 15.2. The summed E-state index contributed by atoms with van der Waals surface area (Å²) in [4.78, 5) is 18.3. The molecule has 2 aromatic heterocycles. The Kier molecular flexibility index (Phi) is 4.64. The van der Waals surface area contributed by atoms with Crippen molar-refractivity contribution in [3.8, 4) is 11.1 Å². The molecule has 0 spiro atoms. The van der Waals surface area contributed by atoms with Gasteiger partial charge >= 0.3 is 0 Å². The van der Waals surface area contributed by atoms with Crippen molar-refractivity contribution >= 4 is 37.5 Å². The quantitative estimate of drug-likeness (QED) is 0.625. The molecule has 0 aliphatic heterocycles. The number of aromatic nitrogens is 2. The largest absolute Gasteiger partial charge is 0.293 e. The molecule has 0 N–H and O–H groups in total. The van der Waals surface area contributed by atoms with Crippen LogP contribution >= 0.6 is 27.3 Å². The summed E-state index contributed by atoms with van der Waals surface area (Å²) < 4.78 is 15.4. The minimum atomic E-state index is -0.579. The molecule has 0 saturated carbocycles. The van der Waals surface area contributed by atoms with E-state index in [0.29, 0.717) is 16.0 Å². The second-order valence-electron chi connectivity index (χ2n) is 5.61. The van der Waals surface area contributed by atoms with Crippen LogP contribution in [-0.2, 0) is 6.54 Å². The molecule has 3 aromatic rings. The van der Waals surface area contributed by atoms with E-state index in [1.165, 1.54) is 15.9 Å². The van der Waals surface area contributed by atoms with E-state index in [1.54, 1.807) is 0 Å². The van der Waals surface area contributed by atoms with Crippen LogP contribution < -0.4 is 5.56 Å². The van der Waals surface area contributed by atoms with Crippen LogP contribution in [0.15, 0.2) is 38.9 Å². The summed E-state index contributed by atoms with van der Waals surface area (Å²) in [6.45, 7) is 3.40. The van der Waals surface area contributed by atoms with Crippen molar-refractivity contribution < 1.29 is 4.39 Å². The van der Waals surface area contributed by atoms with Crippen LogP contribution in [0.25, 0.3) is 21.3 Å². The highest BCUT2D eigenvalue weighted by Crippen LogP contribution is 2.32. The molecule has 0 amide bonds. The fourth-order valence-corrected chi connectivity index (χ4v) is 3.83. The second-order valence-corrected chi connectivity index (χ2v) is 7.38. The van der Waals surface area contributed by atoms with Gasteiger partial charge in [0.15, 0.2) is 0 Å². The molecule has 0 saturated heterocycles. The molecule has 6 heteroatoms. The SMILES string of the molecule is CC(C)c1nc2scc(-c3ccc(Br)cc3)c2c(=O)n1CCF. The average Bonchev–Trinajstić information content (AvgIpc) is 2.95. The van der Waals surface area contributed by atoms with Crippen LogP contribution in [0.5, 0.6) is 0 Å². The van der Waals surface area contributed by atoms with Crippen molar-refractivity contribution in [1.29, 1.82) is 0 Å². The molecule has 1 aromatic carbocycles. The number of hydrogen-bond donors (Lipinski definition) is 0. The lowest BCUT2D eigenvalue weighted by molar-refractivity contribution is 0.428. The van der Waals surface area contributed by atoms with Crippen molar-refractivity contribution in [3.63, 3.8) is 0 Å². The zero-order valence-electron chi connectivity index (χ0n) is 12.8. The third-order valence-electron chi connectivity index (χ3n) is 3.70. The Labute approximate surface area is 145 Å². The maximum absolute atomic E-state index is 12.9. The first-order valence-electron chi connectivity index (χ1n) is 7.36. The lowest BCUT2D eigenvalue weighted by Gasteiger charge is -2.13. The summed E-state index contributed by atoms with van der Waals surface area (Å²) in [5.41, 5.74) is 1.66.